The highest BCUT2D eigenvalue weighted by molar-refractivity contribution is 5.79. The van der Waals surface area contributed by atoms with Gasteiger partial charge in [-0.1, -0.05) is 0 Å². The minimum Gasteiger partial charge on any atom is -0.401 e. The summed E-state index contributed by atoms with van der Waals surface area (Å²) in [5.41, 5.74) is 6.71. The third-order valence-electron chi connectivity index (χ3n) is 1.39. The molecule has 0 spiro atoms. The van der Waals surface area contributed by atoms with Crippen molar-refractivity contribution >= 4 is 24.2 Å². The van der Waals surface area contributed by atoms with Crippen LogP contribution in [0.1, 0.15) is 5.76 Å². The molecule has 84 valence electrons. The van der Waals surface area contributed by atoms with Gasteiger partial charge < -0.3 is 10.2 Å². The van der Waals surface area contributed by atoms with Crippen LogP contribution in [0.15, 0.2) is 27.7 Å². The van der Waals surface area contributed by atoms with Crippen molar-refractivity contribution in [2.75, 3.05) is 0 Å². The molecule has 1 aromatic rings. The van der Waals surface area contributed by atoms with Crippen LogP contribution < -0.4 is 11.2 Å². The summed E-state index contributed by atoms with van der Waals surface area (Å²) < 4.78 is 4.81. The van der Waals surface area contributed by atoms with Crippen LogP contribution in [0.2, 0.25) is 0 Å². The van der Waals surface area contributed by atoms with Crippen LogP contribution in [0.5, 0.6) is 0 Å². The second kappa shape index (κ2) is 5.29. The highest BCUT2D eigenvalue weighted by atomic mass is 16.6. The van der Waals surface area contributed by atoms with Crippen LogP contribution >= 0.6 is 0 Å². The zero-order valence-electron chi connectivity index (χ0n) is 7.99. The number of hydrogen-bond acceptors (Lipinski definition) is 5. The van der Waals surface area contributed by atoms with Crippen LogP contribution in [0.4, 0.5) is 10.7 Å². The molecule has 2 amide bonds. The van der Waals surface area contributed by atoms with Gasteiger partial charge in [0.15, 0.2) is 0 Å². The summed E-state index contributed by atoms with van der Waals surface area (Å²) in [5, 5.41) is 13.7. The number of rotatable bonds is 4. The summed E-state index contributed by atoms with van der Waals surface area (Å²) >= 11 is 0. The maximum Gasteiger partial charge on any atom is 0.433 e. The molecule has 0 bridgehead atoms. The van der Waals surface area contributed by atoms with Gasteiger partial charge in [-0.25, -0.2) is 10.2 Å². The van der Waals surface area contributed by atoms with Crippen molar-refractivity contribution in [1.29, 1.82) is 0 Å². The van der Waals surface area contributed by atoms with Crippen molar-refractivity contribution in [3.63, 3.8) is 0 Å². The molecule has 16 heavy (non-hydrogen) atoms. The highest BCUT2D eigenvalue weighted by Gasteiger charge is 2.09. The number of primary amides is 1. The van der Waals surface area contributed by atoms with E-state index in [1.165, 1.54) is 30.5 Å². The Bertz CT molecular complexity index is 449. The topological polar surface area (TPSA) is 124 Å². The summed E-state index contributed by atoms with van der Waals surface area (Å²) in [6, 6.07) is 1.89. The lowest BCUT2D eigenvalue weighted by molar-refractivity contribution is -0.402. The van der Waals surface area contributed by atoms with E-state index in [2.05, 4.69) is 5.10 Å². The first kappa shape index (κ1) is 11.4. The summed E-state index contributed by atoms with van der Waals surface area (Å²) in [6.07, 6.45) is 4.12. The Morgan fingerprint density at radius 1 is 1.62 bits per heavy atom. The number of nitrogens with zero attached hydrogens (tertiary/aromatic N) is 2. The number of carbonyl (C=O) groups excluding carboxylic acids is 1. The third kappa shape index (κ3) is 3.62. The van der Waals surface area contributed by atoms with Crippen molar-refractivity contribution in [3.05, 3.63) is 34.1 Å². The maximum absolute atomic E-state index is 10.3. The lowest BCUT2D eigenvalue weighted by Gasteiger charge is -1.86. The van der Waals surface area contributed by atoms with Gasteiger partial charge in [0.1, 0.15) is 10.7 Å². The predicted molar refractivity (Wildman–Crippen MR) is 55.6 cm³/mol. The van der Waals surface area contributed by atoms with E-state index in [9.17, 15) is 14.9 Å². The number of nitro groups is 1. The quantitative estimate of drug-likeness (QED) is 0.447. The Hall–Kier alpha value is -2.64. The summed E-state index contributed by atoms with van der Waals surface area (Å²) in [5.74, 6) is -0.0379. The largest absolute Gasteiger partial charge is 0.433 e. The number of nitrogens with two attached hydrogens (primary N) is 1. The normalized spacial score (nSPS) is 11.0. The van der Waals surface area contributed by atoms with Gasteiger partial charge in [-0.2, -0.15) is 5.10 Å². The van der Waals surface area contributed by atoms with Crippen molar-refractivity contribution in [3.8, 4) is 0 Å². The van der Waals surface area contributed by atoms with Crippen LogP contribution in [0.3, 0.4) is 0 Å². The first-order chi connectivity index (χ1) is 7.59. The summed E-state index contributed by atoms with van der Waals surface area (Å²) in [7, 11) is 0. The Kier molecular flexibility index (Phi) is 3.78. The SMILES string of the molecule is NC(=O)N/N=C\C=C\c1ccc([N+](=O)[O-])o1. The number of furan rings is 1. The Morgan fingerprint density at radius 3 is 2.94 bits per heavy atom. The molecule has 0 aliphatic heterocycles. The lowest BCUT2D eigenvalue weighted by Crippen LogP contribution is -2.24. The highest BCUT2D eigenvalue weighted by Crippen LogP contribution is 2.16. The smallest absolute Gasteiger partial charge is 0.401 e. The molecule has 0 atom stereocenters. The van der Waals surface area contributed by atoms with E-state index in [4.69, 9.17) is 10.2 Å². The van der Waals surface area contributed by atoms with Crippen LogP contribution in [-0.4, -0.2) is 17.2 Å². The lowest BCUT2D eigenvalue weighted by atomic mass is 10.4. The molecule has 0 aliphatic carbocycles. The number of carbonyl (C=O) groups is 1. The van der Waals surface area contributed by atoms with Gasteiger partial charge in [0.2, 0.25) is 0 Å². The molecule has 0 radical (unpaired) electrons. The van der Waals surface area contributed by atoms with E-state index < -0.39 is 11.0 Å². The number of hydrazone groups is 1. The summed E-state index contributed by atoms with van der Waals surface area (Å²) in [6.45, 7) is 0. The number of urea groups is 1. The van der Waals surface area contributed by atoms with Gasteiger partial charge in [-0.05, 0) is 18.2 Å². The van der Waals surface area contributed by atoms with E-state index in [0.29, 0.717) is 5.76 Å². The third-order valence-corrected chi connectivity index (χ3v) is 1.39. The molecule has 0 saturated heterocycles. The minimum atomic E-state index is -0.779. The van der Waals surface area contributed by atoms with Crippen LogP contribution in [-0.2, 0) is 0 Å². The standard InChI is InChI=1S/C8H8N4O4/c9-8(13)11-10-5-1-2-6-3-4-7(16-6)12(14)15/h1-5H,(H3,9,11,13)/b2-1+,10-5-. The molecule has 0 saturated carbocycles. The van der Waals surface area contributed by atoms with Gasteiger partial charge in [-0.3, -0.25) is 10.1 Å². The Morgan fingerprint density at radius 2 is 2.38 bits per heavy atom. The molecule has 3 N–H and O–H groups in total. The number of allylic oxidation sites excluding steroid dienone is 1. The van der Waals surface area contributed by atoms with E-state index in [1.54, 1.807) is 0 Å². The van der Waals surface area contributed by atoms with Gasteiger partial charge in [-0.15, -0.1) is 0 Å². The fourth-order valence-electron chi connectivity index (χ4n) is 0.812. The van der Waals surface area contributed by atoms with Crippen molar-refractivity contribution in [2.24, 2.45) is 10.8 Å². The molecule has 0 aliphatic rings. The van der Waals surface area contributed by atoms with E-state index in [0.717, 1.165) is 0 Å². The fraction of sp³-hybridized carbons (Fsp3) is 0. The zero-order chi connectivity index (χ0) is 12.0. The van der Waals surface area contributed by atoms with E-state index in [1.807, 2.05) is 5.43 Å². The first-order valence-electron chi connectivity index (χ1n) is 4.09. The number of nitrogens with one attached hydrogen (secondary N) is 1. The average Bonchev–Trinajstić information content (AvgIpc) is 2.65. The Labute approximate surface area is 89.6 Å². The average molecular weight is 224 g/mol. The predicted octanol–water partition coefficient (Wildman–Crippen LogP) is 0.855. The second-order valence-electron chi connectivity index (χ2n) is 2.55. The first-order valence-corrected chi connectivity index (χ1v) is 4.09. The van der Waals surface area contributed by atoms with Crippen LogP contribution in [0.25, 0.3) is 6.08 Å². The number of hydrogen-bond donors (Lipinski definition) is 2. The molecule has 1 heterocycles. The van der Waals surface area contributed by atoms with Crippen LogP contribution in [0, 0.1) is 10.1 Å². The van der Waals surface area contributed by atoms with Crippen molar-refractivity contribution in [1.82, 2.24) is 5.43 Å². The fourth-order valence-corrected chi connectivity index (χ4v) is 0.812. The molecule has 8 heteroatoms. The molecule has 0 aromatic carbocycles. The maximum atomic E-state index is 10.3. The Balaban J connectivity index is 2.53. The zero-order valence-corrected chi connectivity index (χ0v) is 7.99. The minimum absolute atomic E-state index is 0.303. The van der Waals surface area contributed by atoms with Crippen molar-refractivity contribution in [2.45, 2.75) is 0 Å². The van der Waals surface area contributed by atoms with Gasteiger partial charge in [0.05, 0.1) is 6.07 Å². The summed E-state index contributed by atoms with van der Waals surface area (Å²) in [4.78, 5) is 19.8. The molecule has 8 nitrogen and oxygen atoms in total. The second-order valence-corrected chi connectivity index (χ2v) is 2.55. The van der Waals surface area contributed by atoms with E-state index in [-0.39, 0.29) is 5.88 Å². The van der Waals surface area contributed by atoms with E-state index >= 15 is 0 Å². The molecule has 1 rings (SSSR count). The molecule has 0 unspecified atom stereocenters. The van der Waals surface area contributed by atoms with Gasteiger partial charge >= 0.3 is 11.9 Å². The monoisotopic (exact) mass is 224 g/mol. The van der Waals surface area contributed by atoms with Gasteiger partial charge in [0, 0.05) is 6.21 Å². The van der Waals surface area contributed by atoms with Crippen molar-refractivity contribution < 1.29 is 14.1 Å². The molecular formula is C8H8N4O4. The number of amides is 2. The van der Waals surface area contributed by atoms with Gasteiger partial charge in [0.25, 0.3) is 0 Å². The molecular weight excluding hydrogens is 216 g/mol. The molecule has 1 aromatic heterocycles. The molecule has 0 fully saturated rings.